The van der Waals surface area contributed by atoms with E-state index in [0.29, 0.717) is 0 Å². The molecule has 0 spiro atoms. The summed E-state index contributed by atoms with van der Waals surface area (Å²) >= 11 is 0. The molecule has 0 aromatic heterocycles. The molecule has 0 aliphatic heterocycles. The Hall–Kier alpha value is -5.06. The first-order chi connectivity index (χ1) is 15.6. The molecule has 11 nitrogen and oxygen atoms in total. The molecular weight excluding hydrogens is 434 g/mol. The quantitative estimate of drug-likeness (QED) is 0.313. The van der Waals surface area contributed by atoms with Crippen molar-refractivity contribution in [3.8, 4) is 0 Å². The van der Waals surface area contributed by atoms with Crippen molar-refractivity contribution in [2.24, 2.45) is 0 Å². The van der Waals surface area contributed by atoms with E-state index in [1.54, 1.807) is 0 Å². The number of non-ortho nitro benzene ring substituents is 1. The van der Waals surface area contributed by atoms with Gasteiger partial charge < -0.3 is 20.8 Å². The van der Waals surface area contributed by atoms with Gasteiger partial charge in [-0.05, 0) is 42.5 Å². The topological polar surface area (TPSA) is 176 Å². The molecule has 0 radical (unpaired) electrons. The maximum absolute atomic E-state index is 12.6. The molecule has 0 bridgehead atoms. The van der Waals surface area contributed by atoms with E-state index in [1.807, 2.05) is 0 Å². The molecular formula is C22H15N3O8. The largest absolute Gasteiger partial charge is 0.478 e. The summed E-state index contributed by atoms with van der Waals surface area (Å²) in [5, 5.41) is 34.3. The molecule has 4 N–H and O–H groups in total. The maximum atomic E-state index is 12.6. The molecule has 33 heavy (non-hydrogen) atoms. The van der Waals surface area contributed by atoms with Crippen LogP contribution in [0.5, 0.6) is 0 Å². The van der Waals surface area contributed by atoms with Gasteiger partial charge in [-0.25, -0.2) is 9.59 Å². The van der Waals surface area contributed by atoms with Crippen LogP contribution in [0.1, 0.15) is 41.4 Å². The molecule has 0 saturated carbocycles. The van der Waals surface area contributed by atoms with Gasteiger partial charge in [0.15, 0.2) is 0 Å². The number of carboxylic acid groups (broad SMARTS) is 2. The van der Waals surface area contributed by atoms with Crippen molar-refractivity contribution in [3.05, 3.63) is 99.1 Å². The summed E-state index contributed by atoms with van der Waals surface area (Å²) in [7, 11) is 0. The van der Waals surface area contributed by atoms with Crippen molar-refractivity contribution in [3.63, 3.8) is 0 Å². The Labute approximate surface area is 185 Å². The third kappa shape index (κ3) is 5.55. The number of rotatable bonds is 7. The molecule has 11 heteroatoms. The molecule has 0 aliphatic rings. The zero-order valence-electron chi connectivity index (χ0n) is 16.6. The van der Waals surface area contributed by atoms with Crippen molar-refractivity contribution in [2.75, 3.05) is 10.6 Å². The van der Waals surface area contributed by atoms with E-state index in [4.69, 9.17) is 10.2 Å². The van der Waals surface area contributed by atoms with Gasteiger partial charge in [0.1, 0.15) is 0 Å². The SMILES string of the molecule is O=C(O)c1cccc(NC(=O)c2cc(C(=O)Nc3cccc(C(=O)O)c3)cc([N+](=O)[O-])c2)c1. The first-order valence-corrected chi connectivity index (χ1v) is 9.23. The van der Waals surface area contributed by atoms with Gasteiger partial charge in [0, 0.05) is 34.6 Å². The zero-order chi connectivity index (χ0) is 24.1. The number of hydrogen-bond acceptors (Lipinski definition) is 6. The smallest absolute Gasteiger partial charge is 0.335 e. The number of nitro groups is 1. The van der Waals surface area contributed by atoms with Crippen LogP contribution in [-0.2, 0) is 0 Å². The minimum absolute atomic E-state index is 0.0736. The van der Waals surface area contributed by atoms with E-state index in [-0.39, 0.29) is 33.6 Å². The Kier molecular flexibility index (Phi) is 6.44. The number of carbonyl (C=O) groups is 4. The molecule has 0 fully saturated rings. The van der Waals surface area contributed by atoms with E-state index in [1.165, 1.54) is 48.5 Å². The summed E-state index contributed by atoms with van der Waals surface area (Å²) < 4.78 is 0. The number of nitrogens with one attached hydrogen (secondary N) is 2. The zero-order valence-corrected chi connectivity index (χ0v) is 16.6. The number of hydrogen-bond donors (Lipinski definition) is 4. The molecule has 3 aromatic rings. The number of amides is 2. The summed E-state index contributed by atoms with van der Waals surface area (Å²) in [6.07, 6.45) is 0. The Morgan fingerprint density at radius 1 is 0.667 bits per heavy atom. The second-order valence-corrected chi connectivity index (χ2v) is 6.71. The van der Waals surface area contributed by atoms with Crippen LogP contribution in [0.15, 0.2) is 66.7 Å². The van der Waals surface area contributed by atoms with Gasteiger partial charge in [0.2, 0.25) is 0 Å². The molecule has 3 rings (SSSR count). The van der Waals surface area contributed by atoms with E-state index in [9.17, 15) is 29.3 Å². The molecule has 0 aliphatic carbocycles. The van der Waals surface area contributed by atoms with Gasteiger partial charge in [0.05, 0.1) is 16.1 Å². The monoisotopic (exact) mass is 449 g/mol. The summed E-state index contributed by atoms with van der Waals surface area (Å²) in [6.45, 7) is 0. The van der Waals surface area contributed by atoms with Gasteiger partial charge in [0.25, 0.3) is 17.5 Å². The molecule has 2 amide bonds. The maximum Gasteiger partial charge on any atom is 0.335 e. The molecule has 166 valence electrons. The minimum atomic E-state index is -1.20. The highest BCUT2D eigenvalue weighted by Gasteiger charge is 2.19. The van der Waals surface area contributed by atoms with E-state index in [0.717, 1.165) is 18.2 Å². The van der Waals surface area contributed by atoms with E-state index < -0.39 is 34.4 Å². The second-order valence-electron chi connectivity index (χ2n) is 6.71. The fraction of sp³-hybridized carbons (Fsp3) is 0. The number of nitro benzene ring substituents is 1. The average molecular weight is 449 g/mol. The minimum Gasteiger partial charge on any atom is -0.478 e. The Balaban J connectivity index is 1.89. The second kappa shape index (κ2) is 9.39. The van der Waals surface area contributed by atoms with Crippen LogP contribution in [0.2, 0.25) is 0 Å². The summed E-state index contributed by atoms with van der Waals surface area (Å²) in [5.41, 5.74) is -0.813. The first-order valence-electron chi connectivity index (χ1n) is 9.23. The summed E-state index contributed by atoms with van der Waals surface area (Å²) in [6, 6.07) is 13.8. The predicted octanol–water partition coefficient (Wildman–Crippen LogP) is 3.50. The Morgan fingerprint density at radius 2 is 1.09 bits per heavy atom. The lowest BCUT2D eigenvalue weighted by Gasteiger charge is -2.09. The van der Waals surface area contributed by atoms with Crippen LogP contribution in [0.25, 0.3) is 0 Å². The van der Waals surface area contributed by atoms with E-state index >= 15 is 0 Å². The van der Waals surface area contributed by atoms with Crippen molar-refractivity contribution < 1.29 is 34.3 Å². The molecule has 0 atom stereocenters. The molecule has 0 heterocycles. The first kappa shape index (κ1) is 22.6. The lowest BCUT2D eigenvalue weighted by atomic mass is 10.1. The highest BCUT2D eigenvalue weighted by atomic mass is 16.6. The highest BCUT2D eigenvalue weighted by Crippen LogP contribution is 2.21. The van der Waals surface area contributed by atoms with Crippen molar-refractivity contribution >= 4 is 40.8 Å². The predicted molar refractivity (Wildman–Crippen MR) is 116 cm³/mol. The number of carbonyl (C=O) groups excluding carboxylic acids is 2. The van der Waals surface area contributed by atoms with Crippen LogP contribution in [0, 0.1) is 10.1 Å². The lowest BCUT2D eigenvalue weighted by Crippen LogP contribution is -2.16. The Bertz CT molecular complexity index is 1210. The lowest BCUT2D eigenvalue weighted by molar-refractivity contribution is -0.384. The standard InChI is InChI=1S/C22H15N3O8/c26-19(23-16-5-1-3-12(8-16)21(28)29)14-7-15(11-18(10-14)25(32)33)20(27)24-17-6-2-4-13(9-17)22(30)31/h1-11H,(H,23,26)(H,24,27)(H,28,29)(H,30,31). The number of anilines is 2. The van der Waals surface area contributed by atoms with Crippen molar-refractivity contribution in [1.29, 1.82) is 0 Å². The molecule has 3 aromatic carbocycles. The van der Waals surface area contributed by atoms with Gasteiger partial charge >= 0.3 is 11.9 Å². The van der Waals surface area contributed by atoms with Crippen LogP contribution >= 0.6 is 0 Å². The molecule has 0 saturated heterocycles. The average Bonchev–Trinajstić information content (AvgIpc) is 2.79. The van der Waals surface area contributed by atoms with Crippen LogP contribution in [-0.4, -0.2) is 38.9 Å². The Morgan fingerprint density at radius 3 is 1.45 bits per heavy atom. The van der Waals surface area contributed by atoms with Crippen molar-refractivity contribution in [1.82, 2.24) is 0 Å². The fourth-order valence-corrected chi connectivity index (χ4v) is 2.85. The van der Waals surface area contributed by atoms with Gasteiger partial charge in [-0.1, -0.05) is 12.1 Å². The normalized spacial score (nSPS) is 10.2. The highest BCUT2D eigenvalue weighted by molar-refractivity contribution is 6.09. The third-order valence-electron chi connectivity index (χ3n) is 4.39. The number of carboxylic acids is 2. The van der Waals surface area contributed by atoms with Crippen LogP contribution in [0.4, 0.5) is 17.1 Å². The summed E-state index contributed by atoms with van der Waals surface area (Å²) in [4.78, 5) is 58.0. The fourth-order valence-electron chi connectivity index (χ4n) is 2.85. The van der Waals surface area contributed by atoms with Crippen molar-refractivity contribution in [2.45, 2.75) is 0 Å². The molecule has 0 unspecified atom stereocenters. The van der Waals surface area contributed by atoms with Crippen LogP contribution in [0.3, 0.4) is 0 Å². The van der Waals surface area contributed by atoms with E-state index in [2.05, 4.69) is 10.6 Å². The third-order valence-corrected chi connectivity index (χ3v) is 4.39. The number of benzene rings is 3. The summed E-state index contributed by atoms with van der Waals surface area (Å²) in [5.74, 6) is -4.01. The number of aromatic carboxylic acids is 2. The van der Waals surface area contributed by atoms with Gasteiger partial charge in [-0.15, -0.1) is 0 Å². The number of nitrogens with zero attached hydrogens (tertiary/aromatic N) is 1. The van der Waals surface area contributed by atoms with Gasteiger partial charge in [-0.3, -0.25) is 19.7 Å². The van der Waals surface area contributed by atoms with Gasteiger partial charge in [-0.2, -0.15) is 0 Å². The van der Waals surface area contributed by atoms with Crippen LogP contribution < -0.4 is 10.6 Å².